The molecule has 1 aromatic heterocycles. The zero-order valence-electron chi connectivity index (χ0n) is 13.3. The molecular formula is C20H15ClFNO2. The smallest absolute Gasteiger partial charge is 0.219 e. The molecule has 126 valence electrons. The number of hydrogen-bond donors (Lipinski definition) is 0. The van der Waals surface area contributed by atoms with E-state index in [0.717, 1.165) is 29.7 Å². The van der Waals surface area contributed by atoms with E-state index in [0.29, 0.717) is 16.7 Å². The minimum atomic E-state index is -0.244. The van der Waals surface area contributed by atoms with Crippen LogP contribution in [0.5, 0.6) is 17.4 Å². The lowest BCUT2D eigenvalue weighted by atomic mass is 9.97. The summed E-state index contributed by atoms with van der Waals surface area (Å²) in [6, 6.07) is 15.7. The molecule has 2 aromatic carbocycles. The summed E-state index contributed by atoms with van der Waals surface area (Å²) in [6.45, 7) is 0. The second kappa shape index (κ2) is 6.73. The summed E-state index contributed by atoms with van der Waals surface area (Å²) in [7, 11) is 0. The van der Waals surface area contributed by atoms with Crippen LogP contribution in [0.1, 0.15) is 23.7 Å². The molecule has 1 aliphatic heterocycles. The highest BCUT2D eigenvalue weighted by Gasteiger charge is 2.22. The average molecular weight is 356 g/mol. The van der Waals surface area contributed by atoms with Crippen molar-refractivity contribution in [1.82, 2.24) is 4.98 Å². The Hall–Kier alpha value is -2.59. The molecule has 4 rings (SSSR count). The van der Waals surface area contributed by atoms with E-state index in [1.54, 1.807) is 24.4 Å². The monoisotopic (exact) mass is 355 g/mol. The van der Waals surface area contributed by atoms with Crippen LogP contribution in [0.4, 0.5) is 4.39 Å². The first-order chi connectivity index (χ1) is 12.2. The number of fused-ring (bicyclic) bond motifs is 1. The molecule has 3 aromatic rings. The van der Waals surface area contributed by atoms with Gasteiger partial charge < -0.3 is 9.47 Å². The predicted molar refractivity (Wildman–Crippen MR) is 93.9 cm³/mol. The minimum Gasteiger partial charge on any atom is -0.485 e. The van der Waals surface area contributed by atoms with Gasteiger partial charge in [-0.3, -0.25) is 0 Å². The lowest BCUT2D eigenvalue weighted by Crippen LogP contribution is -2.15. The Morgan fingerprint density at radius 3 is 2.84 bits per heavy atom. The highest BCUT2D eigenvalue weighted by Crippen LogP contribution is 2.37. The van der Waals surface area contributed by atoms with Crippen LogP contribution in [0.15, 0.2) is 60.8 Å². The summed E-state index contributed by atoms with van der Waals surface area (Å²) in [5.74, 6) is 1.74. The minimum absolute atomic E-state index is 0.132. The number of rotatable bonds is 3. The number of ether oxygens (including phenoxy) is 2. The second-order valence-corrected chi connectivity index (χ2v) is 6.32. The molecule has 1 atom stereocenters. The van der Waals surface area contributed by atoms with Crippen LogP contribution in [0.3, 0.4) is 0 Å². The summed E-state index contributed by atoms with van der Waals surface area (Å²) in [6.07, 6.45) is 3.04. The first-order valence-corrected chi connectivity index (χ1v) is 8.40. The summed E-state index contributed by atoms with van der Waals surface area (Å²) >= 11 is 5.83. The summed E-state index contributed by atoms with van der Waals surface area (Å²) in [5, 5.41) is 0.564. The van der Waals surface area contributed by atoms with Crippen LogP contribution in [-0.4, -0.2) is 4.98 Å². The first kappa shape index (κ1) is 15.9. The number of nitrogens with zero attached hydrogens (tertiary/aromatic N) is 1. The summed E-state index contributed by atoms with van der Waals surface area (Å²) < 4.78 is 25.2. The largest absolute Gasteiger partial charge is 0.485 e. The Balaban J connectivity index is 1.52. The van der Waals surface area contributed by atoms with Crippen molar-refractivity contribution in [3.05, 3.63) is 82.8 Å². The number of aromatic nitrogens is 1. The zero-order chi connectivity index (χ0) is 17.2. The maximum absolute atomic E-state index is 13.4. The van der Waals surface area contributed by atoms with Crippen LogP contribution in [0.25, 0.3) is 0 Å². The zero-order valence-corrected chi connectivity index (χ0v) is 14.0. The topological polar surface area (TPSA) is 31.4 Å². The second-order valence-electron chi connectivity index (χ2n) is 5.89. The third kappa shape index (κ3) is 3.59. The van der Waals surface area contributed by atoms with Crippen LogP contribution >= 0.6 is 11.6 Å². The van der Waals surface area contributed by atoms with Gasteiger partial charge in [0.25, 0.3) is 0 Å². The lowest BCUT2D eigenvalue weighted by molar-refractivity contribution is 0.176. The van der Waals surface area contributed by atoms with Crippen molar-refractivity contribution in [3.63, 3.8) is 0 Å². The van der Waals surface area contributed by atoms with Gasteiger partial charge in [-0.1, -0.05) is 23.7 Å². The van der Waals surface area contributed by atoms with E-state index >= 15 is 0 Å². The van der Waals surface area contributed by atoms with Crippen LogP contribution in [0.2, 0.25) is 5.02 Å². The lowest BCUT2D eigenvalue weighted by Gasteiger charge is -2.26. The molecule has 0 radical (unpaired) electrons. The number of aryl methyl sites for hydroxylation is 1. The molecule has 0 N–H and O–H groups in total. The van der Waals surface area contributed by atoms with E-state index in [-0.39, 0.29) is 11.9 Å². The molecule has 0 saturated carbocycles. The third-order valence-electron chi connectivity index (χ3n) is 4.12. The molecule has 0 spiro atoms. The van der Waals surface area contributed by atoms with Crippen molar-refractivity contribution in [3.8, 4) is 17.4 Å². The molecule has 1 unspecified atom stereocenters. The molecular weight excluding hydrogens is 341 g/mol. The Morgan fingerprint density at radius 1 is 1.12 bits per heavy atom. The molecule has 0 amide bonds. The molecule has 0 bridgehead atoms. The predicted octanol–water partition coefficient (Wildman–Crippen LogP) is 5.73. The van der Waals surface area contributed by atoms with Crippen LogP contribution < -0.4 is 9.47 Å². The Kier molecular flexibility index (Phi) is 4.28. The van der Waals surface area contributed by atoms with Gasteiger partial charge >= 0.3 is 0 Å². The van der Waals surface area contributed by atoms with Crippen molar-refractivity contribution < 1.29 is 13.9 Å². The summed E-state index contributed by atoms with van der Waals surface area (Å²) in [4.78, 5) is 4.12. The number of pyridine rings is 1. The van der Waals surface area contributed by atoms with E-state index in [1.807, 2.05) is 24.3 Å². The third-order valence-corrected chi connectivity index (χ3v) is 4.34. The Labute approximate surface area is 150 Å². The molecule has 0 fully saturated rings. The van der Waals surface area contributed by atoms with Gasteiger partial charge in [-0.25, -0.2) is 9.37 Å². The number of benzene rings is 2. The van der Waals surface area contributed by atoms with E-state index in [1.165, 1.54) is 12.1 Å². The van der Waals surface area contributed by atoms with Gasteiger partial charge in [-0.2, -0.15) is 0 Å². The van der Waals surface area contributed by atoms with E-state index in [4.69, 9.17) is 21.1 Å². The van der Waals surface area contributed by atoms with Gasteiger partial charge in [-0.15, -0.1) is 0 Å². The quantitative estimate of drug-likeness (QED) is 0.601. The van der Waals surface area contributed by atoms with Crippen LogP contribution in [-0.2, 0) is 6.42 Å². The normalized spacial score (nSPS) is 16.0. The van der Waals surface area contributed by atoms with Crippen molar-refractivity contribution >= 4 is 11.6 Å². The van der Waals surface area contributed by atoms with Gasteiger partial charge in [0.05, 0.1) is 5.02 Å². The standard InChI is InChI=1S/C20H15ClFNO2/c21-15-5-9-20(23-12-15)24-17-6-8-19-14(11-17)4-7-18(25-19)13-2-1-3-16(22)10-13/h1-3,5-6,8-12,18H,4,7H2. The van der Waals surface area contributed by atoms with Crippen molar-refractivity contribution in [2.75, 3.05) is 0 Å². The fraction of sp³-hybridized carbons (Fsp3) is 0.150. The maximum atomic E-state index is 13.4. The number of halogens is 2. The van der Waals surface area contributed by atoms with Gasteiger partial charge in [0.1, 0.15) is 23.4 Å². The van der Waals surface area contributed by atoms with Gasteiger partial charge in [0, 0.05) is 12.3 Å². The van der Waals surface area contributed by atoms with Gasteiger partial charge in [-0.05, 0) is 60.4 Å². The summed E-state index contributed by atoms with van der Waals surface area (Å²) in [5.41, 5.74) is 1.93. The van der Waals surface area contributed by atoms with Gasteiger partial charge in [0.2, 0.25) is 5.88 Å². The molecule has 0 saturated heterocycles. The molecule has 0 aliphatic carbocycles. The fourth-order valence-electron chi connectivity index (χ4n) is 2.91. The van der Waals surface area contributed by atoms with Crippen LogP contribution in [0, 0.1) is 5.82 Å². The molecule has 3 nitrogen and oxygen atoms in total. The first-order valence-electron chi connectivity index (χ1n) is 8.02. The van der Waals surface area contributed by atoms with Gasteiger partial charge in [0.15, 0.2) is 0 Å². The fourth-order valence-corrected chi connectivity index (χ4v) is 3.03. The van der Waals surface area contributed by atoms with Crippen molar-refractivity contribution in [1.29, 1.82) is 0 Å². The highest BCUT2D eigenvalue weighted by atomic mass is 35.5. The molecule has 2 heterocycles. The van der Waals surface area contributed by atoms with E-state index in [9.17, 15) is 4.39 Å². The molecule has 1 aliphatic rings. The van der Waals surface area contributed by atoms with E-state index < -0.39 is 0 Å². The maximum Gasteiger partial charge on any atom is 0.219 e. The SMILES string of the molecule is Fc1cccc(C2CCc3cc(Oc4ccc(Cl)cn4)ccc3O2)c1. The van der Waals surface area contributed by atoms with E-state index in [2.05, 4.69) is 4.98 Å². The highest BCUT2D eigenvalue weighted by molar-refractivity contribution is 6.30. The number of hydrogen-bond acceptors (Lipinski definition) is 3. The Morgan fingerprint density at radius 2 is 2.04 bits per heavy atom. The average Bonchev–Trinajstić information content (AvgIpc) is 2.63. The molecule has 25 heavy (non-hydrogen) atoms. The molecule has 5 heteroatoms. The Bertz CT molecular complexity index is 898. The van der Waals surface area contributed by atoms with Crippen molar-refractivity contribution in [2.24, 2.45) is 0 Å². The van der Waals surface area contributed by atoms with Crippen molar-refractivity contribution in [2.45, 2.75) is 18.9 Å².